The van der Waals surface area contributed by atoms with Gasteiger partial charge in [-0.3, -0.25) is 9.78 Å². The molecule has 2 N–H and O–H groups in total. The maximum absolute atomic E-state index is 12.4. The van der Waals surface area contributed by atoms with Crippen LogP contribution in [0.1, 0.15) is 37.7 Å². The molecule has 0 radical (unpaired) electrons. The van der Waals surface area contributed by atoms with Crippen LogP contribution < -0.4 is 5.32 Å². The number of fused-ring (bicyclic) bond motifs is 1. The van der Waals surface area contributed by atoms with Crippen LogP contribution >= 0.6 is 23.1 Å². The van der Waals surface area contributed by atoms with Gasteiger partial charge in [-0.05, 0) is 24.8 Å². The Morgan fingerprint density at radius 2 is 2.15 bits per heavy atom. The molecule has 2 heterocycles. The number of para-hydroxylation sites is 1. The number of thioether (sulfide) groups is 1. The lowest BCUT2D eigenvalue weighted by molar-refractivity contribution is 0.0701. The number of thiazole rings is 1. The number of carboxylic acids is 1. The van der Waals surface area contributed by atoms with Crippen LogP contribution in [-0.2, 0) is 6.42 Å². The number of rotatable bonds is 7. The van der Waals surface area contributed by atoms with Gasteiger partial charge in [-0.15, -0.1) is 23.1 Å². The lowest BCUT2D eigenvalue weighted by Crippen LogP contribution is -2.25. The van der Waals surface area contributed by atoms with Crippen LogP contribution in [0.2, 0.25) is 0 Å². The molecule has 0 bridgehead atoms. The number of carbonyl (C=O) groups is 2. The summed E-state index contributed by atoms with van der Waals surface area (Å²) in [4.78, 5) is 33.5. The predicted octanol–water partition coefficient (Wildman–Crippen LogP) is 3.78. The van der Waals surface area contributed by atoms with Crippen LogP contribution in [0.4, 0.5) is 0 Å². The Morgan fingerprint density at radius 3 is 2.85 bits per heavy atom. The molecule has 0 aliphatic rings. The minimum atomic E-state index is -0.969. The van der Waals surface area contributed by atoms with Crippen molar-refractivity contribution in [1.82, 2.24) is 15.3 Å². The minimum Gasteiger partial charge on any atom is -0.477 e. The molecule has 0 spiro atoms. The molecule has 0 unspecified atom stereocenters. The number of aromatic nitrogens is 2. The summed E-state index contributed by atoms with van der Waals surface area (Å²) in [5.41, 5.74) is 1.91. The molecular formula is C19H19N3O3S2. The van der Waals surface area contributed by atoms with Gasteiger partial charge in [0.05, 0.1) is 21.8 Å². The number of hydrogen-bond acceptors (Lipinski definition) is 6. The Labute approximate surface area is 165 Å². The van der Waals surface area contributed by atoms with Crippen molar-refractivity contribution in [2.75, 3.05) is 12.3 Å². The fraction of sp³-hybridized carbons (Fsp3) is 0.263. The molecule has 0 aliphatic carbocycles. The zero-order chi connectivity index (χ0) is 19.4. The second kappa shape index (κ2) is 8.49. The summed E-state index contributed by atoms with van der Waals surface area (Å²) in [7, 11) is 0. The number of pyridine rings is 1. The molecule has 0 fully saturated rings. The monoisotopic (exact) mass is 401 g/mol. The van der Waals surface area contributed by atoms with Gasteiger partial charge >= 0.3 is 5.97 Å². The van der Waals surface area contributed by atoms with Gasteiger partial charge in [0.25, 0.3) is 5.91 Å². The van der Waals surface area contributed by atoms with E-state index in [0.29, 0.717) is 29.2 Å². The molecule has 0 aliphatic heterocycles. The zero-order valence-corrected chi connectivity index (χ0v) is 16.6. The van der Waals surface area contributed by atoms with E-state index in [0.717, 1.165) is 32.9 Å². The van der Waals surface area contributed by atoms with Crippen molar-refractivity contribution >= 4 is 45.9 Å². The summed E-state index contributed by atoms with van der Waals surface area (Å²) in [6.45, 7) is 4.15. The lowest BCUT2D eigenvalue weighted by Gasteiger charge is -2.07. The van der Waals surface area contributed by atoms with Crippen molar-refractivity contribution in [3.63, 3.8) is 0 Å². The van der Waals surface area contributed by atoms with Crippen molar-refractivity contribution in [3.8, 4) is 0 Å². The third-order valence-electron chi connectivity index (χ3n) is 3.90. The number of nitrogens with one attached hydrogen (secondary N) is 1. The summed E-state index contributed by atoms with van der Waals surface area (Å²) < 4.78 is 0. The molecule has 0 saturated carbocycles. The van der Waals surface area contributed by atoms with E-state index in [4.69, 9.17) is 5.11 Å². The molecule has 2 aromatic heterocycles. The molecule has 27 heavy (non-hydrogen) atoms. The fourth-order valence-electron chi connectivity index (χ4n) is 2.67. The molecule has 0 saturated heterocycles. The number of benzene rings is 1. The van der Waals surface area contributed by atoms with Crippen LogP contribution in [0.15, 0.2) is 35.4 Å². The first-order valence-electron chi connectivity index (χ1n) is 8.49. The molecule has 3 rings (SSSR count). The van der Waals surface area contributed by atoms with Gasteiger partial charge in [-0.1, -0.05) is 19.1 Å². The number of carbonyl (C=O) groups excluding carboxylic acids is 1. The van der Waals surface area contributed by atoms with Crippen molar-refractivity contribution in [2.45, 2.75) is 25.2 Å². The predicted molar refractivity (Wildman–Crippen MR) is 108 cm³/mol. The first kappa shape index (κ1) is 19.3. The molecule has 1 amide bonds. The highest BCUT2D eigenvalue weighted by atomic mass is 32.2. The van der Waals surface area contributed by atoms with E-state index in [1.165, 1.54) is 0 Å². The highest BCUT2D eigenvalue weighted by Gasteiger charge is 2.14. The molecule has 1 aromatic carbocycles. The van der Waals surface area contributed by atoms with E-state index in [9.17, 15) is 9.59 Å². The van der Waals surface area contributed by atoms with Gasteiger partial charge in [-0.2, -0.15) is 0 Å². The standard InChI is InChI=1S/C19H19N3O3S2/c1-3-26-14-6-4-5-12-9-13(10-21-16(12)14)18(23)20-8-7-15-22-11(2)17(27-15)19(24)25/h4-6,9-10H,3,7-8H2,1-2H3,(H,20,23)(H,24,25). The van der Waals surface area contributed by atoms with Crippen LogP contribution in [0, 0.1) is 6.92 Å². The van der Waals surface area contributed by atoms with Gasteiger partial charge in [0.15, 0.2) is 0 Å². The van der Waals surface area contributed by atoms with Gasteiger partial charge in [0.2, 0.25) is 0 Å². The highest BCUT2D eigenvalue weighted by molar-refractivity contribution is 7.99. The third-order valence-corrected chi connectivity index (χ3v) is 6.03. The number of hydrogen-bond donors (Lipinski definition) is 2. The van der Waals surface area contributed by atoms with Crippen molar-refractivity contribution in [1.29, 1.82) is 0 Å². The first-order valence-corrected chi connectivity index (χ1v) is 10.3. The van der Waals surface area contributed by atoms with Gasteiger partial charge in [-0.25, -0.2) is 9.78 Å². The van der Waals surface area contributed by atoms with E-state index >= 15 is 0 Å². The summed E-state index contributed by atoms with van der Waals surface area (Å²) in [6.07, 6.45) is 2.08. The first-order chi connectivity index (χ1) is 13.0. The third kappa shape index (κ3) is 4.45. The number of amides is 1. The molecule has 0 atom stereocenters. The quantitative estimate of drug-likeness (QED) is 0.585. The average molecular weight is 402 g/mol. The minimum absolute atomic E-state index is 0.204. The van der Waals surface area contributed by atoms with Gasteiger partial charge in [0, 0.05) is 29.4 Å². The molecule has 3 aromatic rings. The van der Waals surface area contributed by atoms with Crippen LogP contribution in [0.3, 0.4) is 0 Å². The molecule has 8 heteroatoms. The van der Waals surface area contributed by atoms with Crippen LogP contribution in [0.25, 0.3) is 10.9 Å². The van der Waals surface area contributed by atoms with E-state index in [2.05, 4.69) is 22.2 Å². The van der Waals surface area contributed by atoms with Gasteiger partial charge in [0.1, 0.15) is 4.88 Å². The second-order valence-corrected chi connectivity index (χ2v) is 8.21. The summed E-state index contributed by atoms with van der Waals surface area (Å²) in [5.74, 6) is -0.212. The van der Waals surface area contributed by atoms with Crippen LogP contribution in [0.5, 0.6) is 0 Å². The fourth-order valence-corrected chi connectivity index (χ4v) is 4.37. The van der Waals surface area contributed by atoms with E-state index in [1.54, 1.807) is 24.9 Å². The Kier molecular flexibility index (Phi) is 6.08. The summed E-state index contributed by atoms with van der Waals surface area (Å²) in [6, 6.07) is 7.79. The zero-order valence-electron chi connectivity index (χ0n) is 15.0. The summed E-state index contributed by atoms with van der Waals surface area (Å²) >= 11 is 2.87. The molecule has 140 valence electrons. The Balaban J connectivity index is 1.66. The van der Waals surface area contributed by atoms with E-state index < -0.39 is 5.97 Å². The van der Waals surface area contributed by atoms with E-state index in [1.807, 2.05) is 24.3 Å². The van der Waals surface area contributed by atoms with Crippen molar-refractivity contribution in [2.24, 2.45) is 0 Å². The van der Waals surface area contributed by atoms with E-state index in [-0.39, 0.29) is 10.8 Å². The van der Waals surface area contributed by atoms with Crippen molar-refractivity contribution < 1.29 is 14.7 Å². The Bertz CT molecular complexity index is 1000. The summed E-state index contributed by atoms with van der Waals surface area (Å²) in [5, 5.41) is 13.5. The number of carboxylic acid groups (broad SMARTS) is 1. The largest absolute Gasteiger partial charge is 0.477 e. The maximum Gasteiger partial charge on any atom is 0.347 e. The van der Waals surface area contributed by atoms with Crippen molar-refractivity contribution in [3.05, 3.63) is 51.6 Å². The lowest BCUT2D eigenvalue weighted by atomic mass is 10.1. The topological polar surface area (TPSA) is 92.2 Å². The Hall–Kier alpha value is -2.45. The SMILES string of the molecule is CCSc1cccc2cc(C(=O)NCCc3nc(C)c(C(=O)O)s3)cnc12. The van der Waals surface area contributed by atoms with Crippen LogP contribution in [-0.4, -0.2) is 39.2 Å². The van der Waals surface area contributed by atoms with Gasteiger partial charge < -0.3 is 10.4 Å². The highest BCUT2D eigenvalue weighted by Crippen LogP contribution is 2.26. The number of aromatic carboxylic acids is 1. The number of nitrogens with zero attached hydrogens (tertiary/aromatic N) is 2. The smallest absolute Gasteiger partial charge is 0.347 e. The normalized spacial score (nSPS) is 10.9. The second-order valence-electron chi connectivity index (χ2n) is 5.82. The maximum atomic E-state index is 12.4. The Morgan fingerprint density at radius 1 is 1.33 bits per heavy atom. The average Bonchev–Trinajstić information content (AvgIpc) is 3.02. The molecular weight excluding hydrogens is 382 g/mol. The number of aryl methyl sites for hydroxylation is 1. The molecule has 6 nitrogen and oxygen atoms in total.